The van der Waals surface area contributed by atoms with Gasteiger partial charge in [0.25, 0.3) is 0 Å². The zero-order chi connectivity index (χ0) is 23.8. The maximum atomic E-state index is 12.6. The molecule has 1 aliphatic carbocycles. The Balaban J connectivity index is 1.48. The smallest absolute Gasteiger partial charge is 0.313 e. The molecule has 2 aromatic rings. The van der Waals surface area contributed by atoms with E-state index in [1.165, 1.54) is 13.2 Å². The molecular weight excluding hydrogens is 466 g/mol. The molecular formula is C23H28ClN3O5S. The molecule has 3 N–H and O–H groups in total. The molecule has 3 rings (SSSR count). The van der Waals surface area contributed by atoms with E-state index in [0.29, 0.717) is 22.9 Å². The third kappa shape index (κ3) is 7.18. The molecule has 0 heterocycles. The van der Waals surface area contributed by atoms with Crippen molar-refractivity contribution in [1.82, 2.24) is 10.0 Å². The molecule has 1 fully saturated rings. The number of rotatable bonds is 8. The van der Waals surface area contributed by atoms with Gasteiger partial charge in [0.1, 0.15) is 5.75 Å². The minimum Gasteiger partial charge on any atom is -0.495 e. The van der Waals surface area contributed by atoms with Crippen LogP contribution in [0.25, 0.3) is 0 Å². The fourth-order valence-electron chi connectivity index (χ4n) is 3.70. The normalized spacial score (nSPS) is 14.5. The van der Waals surface area contributed by atoms with Gasteiger partial charge in [0.15, 0.2) is 0 Å². The van der Waals surface area contributed by atoms with Gasteiger partial charge in [0.05, 0.1) is 17.7 Å². The lowest BCUT2D eigenvalue weighted by Gasteiger charge is -2.22. The number of benzene rings is 2. The number of hydrogen-bond donors (Lipinski definition) is 3. The van der Waals surface area contributed by atoms with Crippen LogP contribution >= 0.6 is 11.6 Å². The van der Waals surface area contributed by atoms with E-state index < -0.39 is 21.8 Å². The lowest BCUT2D eigenvalue weighted by Crippen LogP contribution is -2.36. The molecule has 0 radical (unpaired) electrons. The molecule has 1 saturated carbocycles. The van der Waals surface area contributed by atoms with Crippen LogP contribution < -0.4 is 20.1 Å². The van der Waals surface area contributed by atoms with E-state index in [4.69, 9.17) is 16.3 Å². The van der Waals surface area contributed by atoms with Crippen LogP contribution in [0.5, 0.6) is 5.75 Å². The van der Waals surface area contributed by atoms with E-state index in [1.54, 1.807) is 36.4 Å². The first-order valence-electron chi connectivity index (χ1n) is 10.8. The SMILES string of the molecule is COc1ccc(Cl)cc1NC(=O)C(=O)NCCc1ccc(S(=O)(=O)NC2CCCCC2)cc1. The molecule has 0 spiro atoms. The largest absolute Gasteiger partial charge is 0.495 e. The Labute approximate surface area is 199 Å². The molecule has 0 aromatic heterocycles. The third-order valence-electron chi connectivity index (χ3n) is 5.48. The minimum absolute atomic E-state index is 0.00309. The van der Waals surface area contributed by atoms with Crippen molar-refractivity contribution in [1.29, 1.82) is 0 Å². The number of ether oxygens (including phenoxy) is 1. The highest BCUT2D eigenvalue weighted by Gasteiger charge is 2.22. The Morgan fingerprint density at radius 1 is 1.03 bits per heavy atom. The molecule has 0 saturated heterocycles. The number of sulfonamides is 1. The molecule has 8 nitrogen and oxygen atoms in total. The topological polar surface area (TPSA) is 114 Å². The zero-order valence-corrected chi connectivity index (χ0v) is 20.0. The average molecular weight is 494 g/mol. The van der Waals surface area contributed by atoms with Gasteiger partial charge in [0.2, 0.25) is 10.0 Å². The van der Waals surface area contributed by atoms with Gasteiger partial charge < -0.3 is 15.4 Å². The third-order valence-corrected chi connectivity index (χ3v) is 7.25. The van der Waals surface area contributed by atoms with Crippen molar-refractivity contribution in [3.05, 3.63) is 53.1 Å². The predicted molar refractivity (Wildman–Crippen MR) is 127 cm³/mol. The Morgan fingerprint density at radius 3 is 2.39 bits per heavy atom. The van der Waals surface area contributed by atoms with Crippen LogP contribution in [0, 0.1) is 0 Å². The van der Waals surface area contributed by atoms with Crippen molar-refractivity contribution in [2.75, 3.05) is 19.0 Å². The van der Waals surface area contributed by atoms with Crippen LogP contribution in [0.3, 0.4) is 0 Å². The number of hydrogen-bond acceptors (Lipinski definition) is 5. The van der Waals surface area contributed by atoms with Crippen LogP contribution in [-0.4, -0.2) is 39.9 Å². The molecule has 0 unspecified atom stereocenters. The summed E-state index contributed by atoms with van der Waals surface area (Å²) in [5, 5.41) is 5.42. The highest BCUT2D eigenvalue weighted by atomic mass is 35.5. The fourth-order valence-corrected chi connectivity index (χ4v) is 5.18. The quantitative estimate of drug-likeness (QED) is 0.488. The first kappa shape index (κ1) is 25.0. The lowest BCUT2D eigenvalue weighted by atomic mass is 9.96. The van der Waals surface area contributed by atoms with Gasteiger partial charge in [-0.05, 0) is 55.2 Å². The molecule has 0 aliphatic heterocycles. The van der Waals surface area contributed by atoms with E-state index in [2.05, 4.69) is 15.4 Å². The average Bonchev–Trinajstić information content (AvgIpc) is 2.80. The Hall–Kier alpha value is -2.62. The van der Waals surface area contributed by atoms with Crippen molar-refractivity contribution < 1.29 is 22.7 Å². The second-order valence-corrected chi connectivity index (χ2v) is 10.1. The Bertz CT molecular complexity index is 1080. The van der Waals surface area contributed by atoms with Gasteiger partial charge in [-0.15, -0.1) is 0 Å². The van der Waals surface area contributed by atoms with E-state index >= 15 is 0 Å². The molecule has 2 aromatic carbocycles. The minimum atomic E-state index is -3.55. The number of carbonyl (C=O) groups is 2. The second-order valence-electron chi connectivity index (χ2n) is 7.90. The zero-order valence-electron chi connectivity index (χ0n) is 18.4. The summed E-state index contributed by atoms with van der Waals surface area (Å²) >= 11 is 5.93. The second kappa shape index (κ2) is 11.5. The van der Waals surface area contributed by atoms with Crippen molar-refractivity contribution >= 4 is 39.1 Å². The predicted octanol–water partition coefficient (Wildman–Crippen LogP) is 3.26. The van der Waals surface area contributed by atoms with E-state index in [9.17, 15) is 18.0 Å². The lowest BCUT2D eigenvalue weighted by molar-refractivity contribution is -0.136. The van der Waals surface area contributed by atoms with Gasteiger partial charge >= 0.3 is 11.8 Å². The number of halogens is 1. The Kier molecular flexibility index (Phi) is 8.71. The number of methoxy groups -OCH3 is 1. The summed E-state index contributed by atoms with van der Waals surface area (Å²) < 4.78 is 33.1. The van der Waals surface area contributed by atoms with Crippen LogP contribution in [0.2, 0.25) is 5.02 Å². The molecule has 33 heavy (non-hydrogen) atoms. The van der Waals surface area contributed by atoms with Crippen LogP contribution in [0.1, 0.15) is 37.7 Å². The van der Waals surface area contributed by atoms with Crippen LogP contribution in [0.15, 0.2) is 47.4 Å². The fraction of sp³-hybridized carbons (Fsp3) is 0.391. The van der Waals surface area contributed by atoms with Crippen molar-refractivity contribution in [3.63, 3.8) is 0 Å². The van der Waals surface area contributed by atoms with Crippen molar-refractivity contribution in [3.8, 4) is 5.75 Å². The highest BCUT2D eigenvalue weighted by molar-refractivity contribution is 7.89. The first-order valence-corrected chi connectivity index (χ1v) is 12.7. The standard InChI is InChI=1S/C23H28ClN3O5S/c1-32-21-12-9-17(24)15-20(21)26-23(29)22(28)25-14-13-16-7-10-19(11-8-16)33(30,31)27-18-5-3-2-4-6-18/h7-12,15,18,27H,2-6,13-14H2,1H3,(H,25,28)(H,26,29). The number of amides is 2. The summed E-state index contributed by atoms with van der Waals surface area (Å²) in [4.78, 5) is 24.5. The number of carbonyl (C=O) groups excluding carboxylic acids is 2. The summed E-state index contributed by atoms with van der Waals surface area (Å²) in [6, 6.07) is 11.2. The Morgan fingerprint density at radius 2 is 1.73 bits per heavy atom. The van der Waals surface area contributed by atoms with Gasteiger partial charge in [-0.3, -0.25) is 9.59 Å². The molecule has 2 amide bonds. The first-order chi connectivity index (χ1) is 15.8. The molecule has 1 aliphatic rings. The maximum Gasteiger partial charge on any atom is 0.313 e. The summed E-state index contributed by atoms with van der Waals surface area (Å²) in [5.74, 6) is -1.26. The van der Waals surface area contributed by atoms with Gasteiger partial charge in [-0.25, -0.2) is 13.1 Å². The van der Waals surface area contributed by atoms with Crippen LogP contribution in [0.4, 0.5) is 5.69 Å². The van der Waals surface area contributed by atoms with E-state index in [-0.39, 0.29) is 17.5 Å². The summed E-state index contributed by atoms with van der Waals surface area (Å²) in [5.41, 5.74) is 1.13. The molecule has 0 bridgehead atoms. The monoisotopic (exact) mass is 493 g/mol. The van der Waals surface area contributed by atoms with Crippen molar-refractivity contribution in [2.24, 2.45) is 0 Å². The van der Waals surface area contributed by atoms with Crippen LogP contribution in [-0.2, 0) is 26.0 Å². The van der Waals surface area contributed by atoms with Gasteiger partial charge in [-0.1, -0.05) is 43.0 Å². The number of anilines is 1. The summed E-state index contributed by atoms with van der Waals surface area (Å²) in [6.45, 7) is 0.214. The maximum absolute atomic E-state index is 12.6. The van der Waals surface area contributed by atoms with E-state index in [1.807, 2.05) is 0 Å². The molecule has 10 heteroatoms. The number of nitrogens with one attached hydrogen (secondary N) is 3. The van der Waals surface area contributed by atoms with Gasteiger partial charge in [-0.2, -0.15) is 0 Å². The summed E-state index contributed by atoms with van der Waals surface area (Å²) in [7, 11) is -2.11. The molecule has 0 atom stereocenters. The molecule has 178 valence electrons. The highest BCUT2D eigenvalue weighted by Crippen LogP contribution is 2.27. The van der Waals surface area contributed by atoms with E-state index in [0.717, 1.165) is 37.7 Å². The summed E-state index contributed by atoms with van der Waals surface area (Å²) in [6.07, 6.45) is 5.42. The van der Waals surface area contributed by atoms with Crippen molar-refractivity contribution in [2.45, 2.75) is 49.5 Å². The van der Waals surface area contributed by atoms with Gasteiger partial charge in [0, 0.05) is 17.6 Å².